The first-order chi connectivity index (χ1) is 9.05. The van der Waals surface area contributed by atoms with Gasteiger partial charge < -0.3 is 0 Å². The van der Waals surface area contributed by atoms with E-state index in [0.717, 1.165) is 25.8 Å². The van der Waals surface area contributed by atoms with Crippen LogP contribution in [0.4, 0.5) is 0 Å². The number of rotatable bonds is 6. The molecular formula is C14H25N5. The number of nitriles is 1. The summed E-state index contributed by atoms with van der Waals surface area (Å²) in [4.78, 5) is 2.74. The highest BCUT2D eigenvalue weighted by Crippen LogP contribution is 2.40. The van der Waals surface area contributed by atoms with Gasteiger partial charge in [0.05, 0.1) is 6.07 Å². The Kier molecular flexibility index (Phi) is 6.14. The fourth-order valence-electron chi connectivity index (χ4n) is 3.29. The lowest BCUT2D eigenvalue weighted by molar-refractivity contribution is 0.119. The zero-order chi connectivity index (χ0) is 14.3. The third-order valence-corrected chi connectivity index (χ3v) is 4.22. The highest BCUT2D eigenvalue weighted by Gasteiger charge is 2.44. The van der Waals surface area contributed by atoms with Crippen molar-refractivity contribution in [2.75, 3.05) is 13.1 Å². The molecule has 0 radical (unpaired) electrons. The van der Waals surface area contributed by atoms with Gasteiger partial charge in [0.2, 0.25) is 0 Å². The van der Waals surface area contributed by atoms with Crippen LogP contribution in [0, 0.1) is 29.1 Å². The first-order valence-electron chi connectivity index (χ1n) is 7.23. The van der Waals surface area contributed by atoms with Crippen molar-refractivity contribution in [2.24, 2.45) is 22.9 Å². The standard InChI is InChI=1S/C14H25N5/c1-11(2)13-6-5-12(3)9-14(13,10-15)17-7-4-8-18-19-16/h11-13,17H,4-9H2,1-3H3. The summed E-state index contributed by atoms with van der Waals surface area (Å²) in [6, 6.07) is 2.56. The Morgan fingerprint density at radius 3 is 2.84 bits per heavy atom. The molecule has 5 heteroatoms. The molecule has 1 saturated carbocycles. The van der Waals surface area contributed by atoms with Crippen LogP contribution in [0.25, 0.3) is 10.4 Å². The van der Waals surface area contributed by atoms with Crippen LogP contribution in [0.2, 0.25) is 0 Å². The van der Waals surface area contributed by atoms with Gasteiger partial charge in [-0.2, -0.15) is 5.26 Å². The molecule has 5 nitrogen and oxygen atoms in total. The molecule has 3 atom stereocenters. The predicted octanol–water partition coefficient (Wildman–Crippen LogP) is 3.63. The first kappa shape index (κ1) is 15.8. The molecule has 0 aromatic rings. The van der Waals surface area contributed by atoms with E-state index in [4.69, 9.17) is 5.53 Å². The van der Waals surface area contributed by atoms with Gasteiger partial charge in [-0.3, -0.25) is 5.32 Å². The summed E-state index contributed by atoms with van der Waals surface area (Å²) in [5, 5.41) is 16.7. The summed E-state index contributed by atoms with van der Waals surface area (Å²) in [5.74, 6) is 1.52. The normalized spacial score (nSPS) is 30.7. The molecule has 106 valence electrons. The van der Waals surface area contributed by atoms with Crippen molar-refractivity contribution < 1.29 is 0 Å². The van der Waals surface area contributed by atoms with Crippen LogP contribution in [-0.2, 0) is 0 Å². The van der Waals surface area contributed by atoms with Crippen molar-refractivity contribution in [3.8, 4) is 6.07 Å². The lowest BCUT2D eigenvalue weighted by Crippen LogP contribution is -2.55. The van der Waals surface area contributed by atoms with E-state index in [1.807, 2.05) is 0 Å². The maximum atomic E-state index is 9.69. The second-order valence-electron chi connectivity index (χ2n) is 6.06. The zero-order valence-corrected chi connectivity index (χ0v) is 12.3. The minimum Gasteiger partial charge on any atom is -0.299 e. The molecule has 0 aromatic heterocycles. The second kappa shape index (κ2) is 7.37. The SMILES string of the molecule is CC1CCC(C(C)C)C(C#N)(NCCCN=[N+]=[N-])C1. The van der Waals surface area contributed by atoms with Gasteiger partial charge in [0.1, 0.15) is 5.54 Å². The van der Waals surface area contributed by atoms with E-state index < -0.39 is 5.54 Å². The van der Waals surface area contributed by atoms with Crippen LogP contribution >= 0.6 is 0 Å². The van der Waals surface area contributed by atoms with Crippen LogP contribution < -0.4 is 5.32 Å². The van der Waals surface area contributed by atoms with Gasteiger partial charge in [0.15, 0.2) is 0 Å². The Labute approximate surface area is 116 Å². The molecule has 1 aliphatic carbocycles. The third kappa shape index (κ3) is 4.12. The van der Waals surface area contributed by atoms with E-state index in [0.29, 0.717) is 24.3 Å². The molecule has 1 N–H and O–H groups in total. The van der Waals surface area contributed by atoms with E-state index in [2.05, 4.69) is 42.2 Å². The molecule has 1 aliphatic rings. The Balaban J connectivity index is 2.67. The van der Waals surface area contributed by atoms with E-state index in [1.165, 1.54) is 6.42 Å². The van der Waals surface area contributed by atoms with Crippen LogP contribution in [0.3, 0.4) is 0 Å². The van der Waals surface area contributed by atoms with Gasteiger partial charge in [-0.1, -0.05) is 32.3 Å². The van der Waals surface area contributed by atoms with Crippen molar-refractivity contribution in [1.82, 2.24) is 5.32 Å². The summed E-state index contributed by atoms with van der Waals surface area (Å²) in [6.45, 7) is 7.86. The van der Waals surface area contributed by atoms with Crippen molar-refractivity contribution in [2.45, 2.75) is 52.0 Å². The Morgan fingerprint density at radius 2 is 2.26 bits per heavy atom. The van der Waals surface area contributed by atoms with E-state index in [-0.39, 0.29) is 0 Å². The lowest BCUT2D eigenvalue weighted by Gasteiger charge is -2.44. The Hall–Kier alpha value is -1.24. The number of nitrogens with zero attached hydrogens (tertiary/aromatic N) is 4. The molecule has 0 spiro atoms. The molecule has 0 heterocycles. The molecule has 0 bridgehead atoms. The molecular weight excluding hydrogens is 238 g/mol. The number of hydrogen-bond acceptors (Lipinski definition) is 3. The van der Waals surface area contributed by atoms with Gasteiger partial charge in [-0.05, 0) is 49.1 Å². The van der Waals surface area contributed by atoms with Crippen LogP contribution in [0.1, 0.15) is 46.5 Å². The van der Waals surface area contributed by atoms with Crippen LogP contribution in [-0.4, -0.2) is 18.6 Å². The number of hydrogen-bond donors (Lipinski definition) is 1. The van der Waals surface area contributed by atoms with E-state index in [9.17, 15) is 5.26 Å². The van der Waals surface area contributed by atoms with Crippen molar-refractivity contribution in [3.63, 3.8) is 0 Å². The third-order valence-electron chi connectivity index (χ3n) is 4.22. The van der Waals surface area contributed by atoms with Gasteiger partial charge in [0.25, 0.3) is 0 Å². The summed E-state index contributed by atoms with van der Waals surface area (Å²) < 4.78 is 0. The molecule has 19 heavy (non-hydrogen) atoms. The second-order valence-corrected chi connectivity index (χ2v) is 6.06. The maximum absolute atomic E-state index is 9.69. The maximum Gasteiger partial charge on any atom is 0.110 e. The van der Waals surface area contributed by atoms with Crippen molar-refractivity contribution in [3.05, 3.63) is 10.4 Å². The summed E-state index contributed by atoms with van der Waals surface area (Å²) in [5.41, 5.74) is 7.85. The van der Waals surface area contributed by atoms with Crippen molar-refractivity contribution in [1.29, 1.82) is 5.26 Å². The lowest BCUT2D eigenvalue weighted by atomic mass is 9.65. The molecule has 0 saturated heterocycles. The smallest absolute Gasteiger partial charge is 0.110 e. The first-order valence-corrected chi connectivity index (χ1v) is 7.23. The van der Waals surface area contributed by atoms with E-state index in [1.54, 1.807) is 0 Å². The highest BCUT2D eigenvalue weighted by atomic mass is 15.1. The van der Waals surface area contributed by atoms with Gasteiger partial charge in [-0.25, -0.2) is 0 Å². The molecule has 1 fully saturated rings. The average Bonchev–Trinajstić information content (AvgIpc) is 2.38. The fraction of sp³-hybridized carbons (Fsp3) is 0.929. The molecule has 0 amide bonds. The van der Waals surface area contributed by atoms with Gasteiger partial charge >= 0.3 is 0 Å². The quantitative estimate of drug-likeness (QED) is 0.343. The minimum atomic E-state index is -0.401. The van der Waals surface area contributed by atoms with Crippen LogP contribution in [0.5, 0.6) is 0 Å². The zero-order valence-electron chi connectivity index (χ0n) is 12.3. The Morgan fingerprint density at radius 1 is 1.53 bits per heavy atom. The topological polar surface area (TPSA) is 84.6 Å². The molecule has 0 aliphatic heterocycles. The predicted molar refractivity (Wildman–Crippen MR) is 76.3 cm³/mol. The highest BCUT2D eigenvalue weighted by molar-refractivity contribution is 5.14. The summed E-state index contributed by atoms with van der Waals surface area (Å²) in [6.07, 6.45) is 4.04. The molecule has 1 rings (SSSR count). The number of nitrogens with one attached hydrogen (secondary N) is 1. The van der Waals surface area contributed by atoms with Crippen LogP contribution in [0.15, 0.2) is 5.11 Å². The van der Waals surface area contributed by atoms with E-state index >= 15 is 0 Å². The van der Waals surface area contributed by atoms with Gasteiger partial charge in [-0.15, -0.1) is 0 Å². The molecule has 0 aromatic carbocycles. The monoisotopic (exact) mass is 263 g/mol. The average molecular weight is 263 g/mol. The summed E-state index contributed by atoms with van der Waals surface area (Å²) >= 11 is 0. The van der Waals surface area contributed by atoms with Crippen molar-refractivity contribution >= 4 is 0 Å². The Bertz CT molecular complexity index is 367. The largest absolute Gasteiger partial charge is 0.299 e. The fourth-order valence-corrected chi connectivity index (χ4v) is 3.29. The summed E-state index contributed by atoms with van der Waals surface area (Å²) in [7, 11) is 0. The minimum absolute atomic E-state index is 0.401. The van der Waals surface area contributed by atoms with Gasteiger partial charge in [0, 0.05) is 11.5 Å². The molecule has 3 unspecified atom stereocenters. The number of azide groups is 1.